The summed E-state index contributed by atoms with van der Waals surface area (Å²) >= 11 is 0. The molecule has 0 saturated carbocycles. The van der Waals surface area contributed by atoms with Gasteiger partial charge in [-0.05, 0) is 24.3 Å². The van der Waals surface area contributed by atoms with Crippen LogP contribution < -0.4 is 16.2 Å². The Kier molecular flexibility index (Phi) is 5.32. The number of anilines is 1. The fourth-order valence-corrected chi connectivity index (χ4v) is 0.652. The number of nitrogens with two attached hydrogens (primary N) is 2. The molecule has 0 heterocycles. The summed E-state index contributed by atoms with van der Waals surface area (Å²) in [5.74, 6) is -0.438. The van der Waals surface area contributed by atoms with Crippen molar-refractivity contribution < 1.29 is 19.4 Å². The molecule has 82 valence electrons. The van der Waals surface area contributed by atoms with Crippen molar-refractivity contribution in [2.75, 3.05) is 5.73 Å². The van der Waals surface area contributed by atoms with Gasteiger partial charge >= 0.3 is 6.09 Å². The van der Waals surface area contributed by atoms with E-state index in [9.17, 15) is 4.79 Å². The number of carbonyl (C=O) groups excluding carboxylic acids is 1. The van der Waals surface area contributed by atoms with Crippen LogP contribution in [0.2, 0.25) is 0 Å². The van der Waals surface area contributed by atoms with Crippen molar-refractivity contribution in [3.8, 4) is 5.75 Å². The highest BCUT2D eigenvalue weighted by molar-refractivity contribution is 5.68. The quantitative estimate of drug-likeness (QED) is 0.596. The number of carboxylic acid groups (broad SMARTS) is 1. The molecular formula is C9H12N2O4. The first-order valence-corrected chi connectivity index (χ1v) is 3.94. The van der Waals surface area contributed by atoms with Crippen LogP contribution in [0, 0.1) is 0 Å². The average Bonchev–Trinajstić information content (AvgIpc) is 2.07. The molecule has 6 heteroatoms. The maximum absolute atomic E-state index is 10.2. The molecule has 0 atom stereocenters. The molecule has 1 aromatic rings. The predicted molar refractivity (Wildman–Crippen MR) is 54.4 cm³/mol. The highest BCUT2D eigenvalue weighted by Gasteiger charge is 1.95. The van der Waals surface area contributed by atoms with Crippen molar-refractivity contribution in [2.45, 2.75) is 6.92 Å². The molecule has 0 unspecified atom stereocenters. The SMILES string of the molecule is CC(=O)O.NC(=O)Oc1ccc(N)cc1. The number of carbonyl (C=O) groups is 2. The Labute approximate surface area is 86.4 Å². The number of nitrogen functional groups attached to an aromatic ring is 1. The number of rotatable bonds is 1. The Hall–Kier alpha value is -2.24. The Balaban J connectivity index is 0.000000423. The van der Waals surface area contributed by atoms with E-state index in [2.05, 4.69) is 4.74 Å². The summed E-state index contributed by atoms with van der Waals surface area (Å²) < 4.78 is 4.55. The lowest BCUT2D eigenvalue weighted by atomic mass is 10.3. The molecule has 0 fully saturated rings. The highest BCUT2D eigenvalue weighted by atomic mass is 16.5. The number of primary amides is 1. The van der Waals surface area contributed by atoms with E-state index in [0.29, 0.717) is 11.4 Å². The van der Waals surface area contributed by atoms with E-state index in [0.717, 1.165) is 6.92 Å². The highest BCUT2D eigenvalue weighted by Crippen LogP contribution is 2.12. The minimum absolute atomic E-state index is 0.395. The molecular weight excluding hydrogens is 200 g/mol. The van der Waals surface area contributed by atoms with Gasteiger partial charge in [0.15, 0.2) is 0 Å². The summed E-state index contributed by atoms with van der Waals surface area (Å²) in [7, 11) is 0. The molecule has 0 aliphatic carbocycles. The first-order chi connectivity index (χ1) is 6.91. The van der Waals surface area contributed by atoms with Gasteiger partial charge < -0.3 is 21.3 Å². The molecule has 1 rings (SSSR count). The van der Waals surface area contributed by atoms with Gasteiger partial charge in [-0.25, -0.2) is 4.79 Å². The molecule has 15 heavy (non-hydrogen) atoms. The van der Waals surface area contributed by atoms with E-state index >= 15 is 0 Å². The topological polar surface area (TPSA) is 116 Å². The van der Waals surface area contributed by atoms with Gasteiger partial charge in [0.05, 0.1) is 0 Å². The number of benzene rings is 1. The molecule has 0 aromatic heterocycles. The lowest BCUT2D eigenvalue weighted by Crippen LogP contribution is -2.16. The summed E-state index contributed by atoms with van der Waals surface area (Å²) in [5, 5.41) is 7.42. The van der Waals surface area contributed by atoms with Crippen molar-refractivity contribution in [3.05, 3.63) is 24.3 Å². The zero-order valence-electron chi connectivity index (χ0n) is 8.14. The van der Waals surface area contributed by atoms with Gasteiger partial charge in [-0.15, -0.1) is 0 Å². The van der Waals surface area contributed by atoms with Gasteiger partial charge in [-0.1, -0.05) is 0 Å². The van der Waals surface area contributed by atoms with Gasteiger partial charge in [0, 0.05) is 12.6 Å². The first-order valence-electron chi connectivity index (χ1n) is 3.94. The molecule has 0 bridgehead atoms. The molecule has 5 N–H and O–H groups in total. The Morgan fingerprint density at radius 1 is 1.27 bits per heavy atom. The monoisotopic (exact) mass is 212 g/mol. The van der Waals surface area contributed by atoms with Crippen LogP contribution in [0.1, 0.15) is 6.92 Å². The Morgan fingerprint density at radius 2 is 1.67 bits per heavy atom. The van der Waals surface area contributed by atoms with E-state index < -0.39 is 12.1 Å². The maximum atomic E-state index is 10.2. The zero-order chi connectivity index (χ0) is 11.8. The molecule has 1 aromatic carbocycles. The smallest absolute Gasteiger partial charge is 0.409 e. The van der Waals surface area contributed by atoms with Gasteiger partial charge in [0.2, 0.25) is 0 Å². The summed E-state index contributed by atoms with van der Waals surface area (Å²) in [5.41, 5.74) is 10.8. The largest absolute Gasteiger partial charge is 0.481 e. The van der Waals surface area contributed by atoms with Crippen molar-refractivity contribution >= 4 is 17.7 Å². The van der Waals surface area contributed by atoms with E-state index in [1.807, 2.05) is 0 Å². The summed E-state index contributed by atoms with van der Waals surface area (Å²) in [6.45, 7) is 1.08. The van der Waals surface area contributed by atoms with Gasteiger partial charge in [-0.2, -0.15) is 0 Å². The average molecular weight is 212 g/mol. The fraction of sp³-hybridized carbons (Fsp3) is 0.111. The number of hydrogen-bond donors (Lipinski definition) is 3. The zero-order valence-corrected chi connectivity index (χ0v) is 8.14. The third-order valence-electron chi connectivity index (χ3n) is 1.10. The molecule has 0 aliphatic heterocycles. The van der Waals surface area contributed by atoms with Crippen molar-refractivity contribution in [3.63, 3.8) is 0 Å². The number of carboxylic acids is 1. The molecule has 0 aliphatic rings. The van der Waals surface area contributed by atoms with Crippen molar-refractivity contribution in [1.29, 1.82) is 0 Å². The maximum Gasteiger partial charge on any atom is 0.409 e. The van der Waals surface area contributed by atoms with Crippen molar-refractivity contribution in [1.82, 2.24) is 0 Å². The van der Waals surface area contributed by atoms with Crippen LogP contribution in [0.3, 0.4) is 0 Å². The molecule has 0 saturated heterocycles. The number of amides is 1. The third-order valence-corrected chi connectivity index (χ3v) is 1.10. The van der Waals surface area contributed by atoms with Crippen molar-refractivity contribution in [2.24, 2.45) is 5.73 Å². The van der Waals surface area contributed by atoms with Crippen LogP contribution in [-0.2, 0) is 4.79 Å². The van der Waals surface area contributed by atoms with Gasteiger partial charge in [-0.3, -0.25) is 4.79 Å². The Morgan fingerprint density at radius 3 is 2.00 bits per heavy atom. The third kappa shape index (κ3) is 8.10. The minimum atomic E-state index is -0.833. The van der Waals surface area contributed by atoms with E-state index in [1.165, 1.54) is 0 Å². The molecule has 0 spiro atoms. The number of aliphatic carboxylic acids is 1. The Bertz CT molecular complexity index is 330. The number of ether oxygens (including phenoxy) is 1. The minimum Gasteiger partial charge on any atom is -0.481 e. The summed E-state index contributed by atoms with van der Waals surface area (Å²) in [6, 6.07) is 6.39. The molecule has 1 amide bonds. The van der Waals surface area contributed by atoms with E-state index in [1.54, 1.807) is 24.3 Å². The second-order valence-corrected chi connectivity index (χ2v) is 2.51. The van der Waals surface area contributed by atoms with Gasteiger partial charge in [0.1, 0.15) is 5.75 Å². The molecule has 0 radical (unpaired) electrons. The first kappa shape index (κ1) is 12.8. The van der Waals surface area contributed by atoms with Gasteiger partial charge in [0.25, 0.3) is 5.97 Å². The number of hydrogen-bond acceptors (Lipinski definition) is 4. The van der Waals surface area contributed by atoms with Crippen LogP contribution in [0.4, 0.5) is 10.5 Å². The second kappa shape index (κ2) is 6.25. The van der Waals surface area contributed by atoms with E-state index in [4.69, 9.17) is 21.4 Å². The fourth-order valence-electron chi connectivity index (χ4n) is 0.652. The predicted octanol–water partition coefficient (Wildman–Crippen LogP) is 0.817. The lowest BCUT2D eigenvalue weighted by molar-refractivity contribution is -0.134. The van der Waals surface area contributed by atoms with Crippen LogP contribution in [0.15, 0.2) is 24.3 Å². The van der Waals surface area contributed by atoms with Crippen LogP contribution in [-0.4, -0.2) is 17.2 Å². The van der Waals surface area contributed by atoms with Crippen LogP contribution in [0.25, 0.3) is 0 Å². The molecule has 6 nitrogen and oxygen atoms in total. The van der Waals surface area contributed by atoms with Crippen LogP contribution in [0.5, 0.6) is 5.75 Å². The van der Waals surface area contributed by atoms with E-state index in [-0.39, 0.29) is 0 Å². The standard InChI is InChI=1S/C7H8N2O2.C2H4O2/c8-5-1-3-6(4-2-5)11-7(9)10;1-2(3)4/h1-4H,8H2,(H2,9,10);1H3,(H,3,4). The van der Waals surface area contributed by atoms with Crippen LogP contribution >= 0.6 is 0 Å². The second-order valence-electron chi connectivity index (χ2n) is 2.51. The lowest BCUT2D eigenvalue weighted by Gasteiger charge is -1.99. The normalized spacial score (nSPS) is 8.33. The summed E-state index contributed by atoms with van der Waals surface area (Å²) in [6.07, 6.45) is -0.824. The summed E-state index contributed by atoms with van der Waals surface area (Å²) in [4.78, 5) is 19.2.